The second kappa shape index (κ2) is 4.40. The molecule has 4 aliphatic carbocycles. The molecule has 3 atom stereocenters. The number of likely N-dealkylation sites (tertiary alicyclic amines) is 1. The van der Waals surface area contributed by atoms with Gasteiger partial charge in [-0.1, -0.05) is 13.8 Å². The Morgan fingerprint density at radius 3 is 2.33 bits per heavy atom. The largest absolute Gasteiger partial charge is 0.342 e. The Labute approximate surface area is 133 Å². The van der Waals surface area contributed by atoms with E-state index in [9.17, 15) is 4.79 Å². The molecule has 5 rings (SSSR count). The molecule has 1 heterocycles. The van der Waals surface area contributed by atoms with E-state index in [1.807, 2.05) is 0 Å². The van der Waals surface area contributed by atoms with Crippen molar-refractivity contribution >= 4 is 17.5 Å². The quantitative estimate of drug-likeness (QED) is 0.704. The van der Waals surface area contributed by atoms with Gasteiger partial charge in [-0.2, -0.15) is 0 Å². The molecule has 3 heteroatoms. The monoisotopic (exact) mass is 309 g/mol. The first-order chi connectivity index (χ1) is 9.85. The lowest BCUT2D eigenvalue weighted by Gasteiger charge is -2.65. The number of carbonyl (C=O) groups excluding carboxylic acids is 1. The highest BCUT2D eigenvalue weighted by Crippen LogP contribution is 2.69. The number of carbonyl (C=O) groups is 1. The zero-order valence-corrected chi connectivity index (χ0v) is 14.2. The number of amides is 1. The molecule has 0 aromatic heterocycles. The van der Waals surface area contributed by atoms with Gasteiger partial charge in [-0.3, -0.25) is 4.79 Å². The van der Waals surface area contributed by atoms with Gasteiger partial charge < -0.3 is 4.90 Å². The van der Waals surface area contributed by atoms with Gasteiger partial charge in [0.1, 0.15) is 0 Å². The van der Waals surface area contributed by atoms with Gasteiger partial charge in [-0.25, -0.2) is 0 Å². The summed E-state index contributed by atoms with van der Waals surface area (Å²) in [5, 5.41) is 0. The zero-order valence-electron chi connectivity index (χ0n) is 13.5. The van der Waals surface area contributed by atoms with Crippen LogP contribution in [0.5, 0.6) is 0 Å². The summed E-state index contributed by atoms with van der Waals surface area (Å²) in [6, 6.07) is 0. The Balaban J connectivity index is 1.61. The van der Waals surface area contributed by atoms with Gasteiger partial charge in [0, 0.05) is 19.0 Å². The fraction of sp³-hybridized carbons (Fsp3) is 0.944. The maximum Gasteiger partial charge on any atom is 0.228 e. The summed E-state index contributed by atoms with van der Waals surface area (Å²) in [5.41, 5.74) is 0.828. The number of nitrogens with zero attached hydrogens (tertiary/aromatic N) is 1. The number of alkyl halides is 1. The summed E-state index contributed by atoms with van der Waals surface area (Å²) in [6.07, 6.45) is 8.63. The van der Waals surface area contributed by atoms with Crippen LogP contribution in [0.25, 0.3) is 0 Å². The van der Waals surface area contributed by atoms with Crippen LogP contribution >= 0.6 is 11.6 Å². The summed E-state index contributed by atoms with van der Waals surface area (Å²) in [5.74, 6) is 2.51. The van der Waals surface area contributed by atoms with Crippen LogP contribution in [0.2, 0.25) is 0 Å². The number of hydrogen-bond donors (Lipinski definition) is 0. The molecular formula is C18H28ClNO. The molecule has 1 saturated heterocycles. The van der Waals surface area contributed by atoms with Gasteiger partial charge in [0.2, 0.25) is 5.91 Å². The minimum absolute atomic E-state index is 0.0237. The molecule has 4 saturated carbocycles. The SMILES string of the molecule is CC12CC3CC(C)(C1)CC(C(=O)N1CCC(CCl)C1)(C3)C2. The number of hydrogen-bond acceptors (Lipinski definition) is 1. The van der Waals surface area contributed by atoms with Crippen molar-refractivity contribution in [2.24, 2.45) is 28.1 Å². The van der Waals surface area contributed by atoms with Crippen LogP contribution in [0.15, 0.2) is 0 Å². The summed E-state index contributed by atoms with van der Waals surface area (Å²) in [4.78, 5) is 15.5. The maximum atomic E-state index is 13.3. The van der Waals surface area contributed by atoms with Crippen LogP contribution in [-0.2, 0) is 4.79 Å². The molecular weight excluding hydrogens is 282 g/mol. The molecule has 5 fully saturated rings. The highest BCUT2D eigenvalue weighted by Gasteiger charge is 2.63. The summed E-state index contributed by atoms with van der Waals surface area (Å²) in [7, 11) is 0. The van der Waals surface area contributed by atoms with Crippen molar-refractivity contribution in [2.45, 2.75) is 58.8 Å². The summed E-state index contributed by atoms with van der Waals surface area (Å²) < 4.78 is 0. The van der Waals surface area contributed by atoms with E-state index < -0.39 is 0 Å². The Bertz CT molecular complexity index is 458. The second-order valence-corrected chi connectivity index (χ2v) is 9.78. The first-order valence-corrected chi connectivity index (χ1v) is 9.24. The summed E-state index contributed by atoms with van der Waals surface area (Å²) in [6.45, 7) is 6.74. The van der Waals surface area contributed by atoms with Gasteiger partial charge in [0.05, 0.1) is 5.41 Å². The lowest BCUT2D eigenvalue weighted by molar-refractivity contribution is -0.178. The average molecular weight is 310 g/mol. The molecule has 3 unspecified atom stereocenters. The van der Waals surface area contributed by atoms with Gasteiger partial charge in [0.25, 0.3) is 0 Å². The minimum atomic E-state index is -0.0237. The van der Waals surface area contributed by atoms with Crippen molar-refractivity contribution in [3.05, 3.63) is 0 Å². The maximum absolute atomic E-state index is 13.3. The van der Waals surface area contributed by atoms with Crippen LogP contribution in [-0.4, -0.2) is 29.8 Å². The molecule has 0 aromatic rings. The van der Waals surface area contributed by atoms with Crippen molar-refractivity contribution in [3.8, 4) is 0 Å². The van der Waals surface area contributed by atoms with E-state index in [0.717, 1.165) is 38.3 Å². The van der Waals surface area contributed by atoms with Crippen molar-refractivity contribution < 1.29 is 4.79 Å². The molecule has 0 spiro atoms. The van der Waals surface area contributed by atoms with E-state index in [0.29, 0.717) is 28.5 Å². The van der Waals surface area contributed by atoms with Gasteiger partial charge >= 0.3 is 0 Å². The average Bonchev–Trinajstić information content (AvgIpc) is 2.81. The van der Waals surface area contributed by atoms with Crippen LogP contribution in [0.1, 0.15) is 58.8 Å². The highest BCUT2D eigenvalue weighted by atomic mass is 35.5. The predicted octanol–water partition coefficient (Wildman–Crippen LogP) is 4.07. The Kier molecular flexibility index (Phi) is 3.01. The predicted molar refractivity (Wildman–Crippen MR) is 85.2 cm³/mol. The number of halogens is 1. The fourth-order valence-corrected chi connectivity index (χ4v) is 7.42. The topological polar surface area (TPSA) is 20.3 Å². The van der Waals surface area contributed by atoms with Crippen LogP contribution < -0.4 is 0 Å². The fourth-order valence-electron chi connectivity index (χ4n) is 7.16. The van der Waals surface area contributed by atoms with E-state index in [2.05, 4.69) is 18.7 Å². The van der Waals surface area contributed by atoms with E-state index >= 15 is 0 Å². The lowest BCUT2D eigenvalue weighted by atomic mass is 9.40. The third kappa shape index (κ3) is 2.16. The molecule has 2 nitrogen and oxygen atoms in total. The third-order valence-corrected chi connectivity index (χ3v) is 7.31. The highest BCUT2D eigenvalue weighted by molar-refractivity contribution is 6.18. The Morgan fingerprint density at radius 1 is 1.14 bits per heavy atom. The molecule has 4 bridgehead atoms. The zero-order chi connectivity index (χ0) is 14.9. The molecule has 0 radical (unpaired) electrons. The van der Waals surface area contributed by atoms with Crippen molar-refractivity contribution in [1.82, 2.24) is 4.90 Å². The summed E-state index contributed by atoms with van der Waals surface area (Å²) >= 11 is 6.00. The Hall–Kier alpha value is -0.240. The number of rotatable bonds is 2. The van der Waals surface area contributed by atoms with E-state index in [1.165, 1.54) is 25.7 Å². The smallest absolute Gasteiger partial charge is 0.228 e. The molecule has 0 N–H and O–H groups in total. The molecule has 5 aliphatic rings. The van der Waals surface area contributed by atoms with E-state index in [-0.39, 0.29) is 5.41 Å². The molecule has 118 valence electrons. The van der Waals surface area contributed by atoms with Gasteiger partial charge in [-0.15, -0.1) is 11.6 Å². The minimum Gasteiger partial charge on any atom is -0.342 e. The standard InChI is InChI=1S/C18H28ClNO/c1-16-5-14-6-17(2,10-16)12-18(7-14,11-16)15(21)20-4-3-13(8-19)9-20/h13-14H,3-12H2,1-2H3. The molecule has 1 aliphatic heterocycles. The molecule has 0 aromatic carbocycles. The Morgan fingerprint density at radius 2 is 1.81 bits per heavy atom. The normalized spacial score (nSPS) is 51.7. The van der Waals surface area contributed by atoms with Crippen LogP contribution in [0, 0.1) is 28.1 Å². The molecule has 21 heavy (non-hydrogen) atoms. The van der Waals surface area contributed by atoms with Crippen molar-refractivity contribution in [3.63, 3.8) is 0 Å². The van der Waals surface area contributed by atoms with E-state index in [1.54, 1.807) is 0 Å². The van der Waals surface area contributed by atoms with E-state index in [4.69, 9.17) is 11.6 Å². The van der Waals surface area contributed by atoms with Gasteiger partial charge in [-0.05, 0) is 67.6 Å². The van der Waals surface area contributed by atoms with Gasteiger partial charge in [0.15, 0.2) is 0 Å². The first-order valence-electron chi connectivity index (χ1n) is 8.71. The lowest BCUT2D eigenvalue weighted by Crippen LogP contribution is -2.60. The van der Waals surface area contributed by atoms with Crippen molar-refractivity contribution in [1.29, 1.82) is 0 Å². The molecule has 1 amide bonds. The third-order valence-electron chi connectivity index (χ3n) is 6.87. The second-order valence-electron chi connectivity index (χ2n) is 9.47. The van der Waals surface area contributed by atoms with Crippen LogP contribution in [0.4, 0.5) is 0 Å². The first kappa shape index (κ1) is 14.4. The van der Waals surface area contributed by atoms with Crippen LogP contribution in [0.3, 0.4) is 0 Å². The van der Waals surface area contributed by atoms with Crippen molar-refractivity contribution in [2.75, 3.05) is 19.0 Å².